The molecule has 1 aromatic heterocycles. The lowest BCUT2D eigenvalue weighted by atomic mass is 9.92. The Balaban J connectivity index is 0.00000353. The highest BCUT2D eigenvalue weighted by molar-refractivity contribution is 5.89. The van der Waals surface area contributed by atoms with Crippen LogP contribution in [-0.2, 0) is 11.3 Å². The number of hydrogen-bond donors (Lipinski definition) is 3. The first-order chi connectivity index (χ1) is 18.0. The average Bonchev–Trinajstić information content (AvgIpc) is 3.53. The number of halogens is 1. The van der Waals surface area contributed by atoms with Crippen molar-refractivity contribution in [3.8, 4) is 5.69 Å². The number of anilines is 1. The van der Waals surface area contributed by atoms with Crippen molar-refractivity contribution in [3.63, 3.8) is 0 Å². The van der Waals surface area contributed by atoms with Crippen LogP contribution in [-0.4, -0.2) is 87.0 Å². The molecule has 2 saturated heterocycles. The van der Waals surface area contributed by atoms with Crippen LogP contribution in [0, 0.1) is 5.41 Å². The van der Waals surface area contributed by atoms with Gasteiger partial charge in [-0.15, -0.1) is 12.4 Å². The molecule has 2 aliphatic heterocycles. The van der Waals surface area contributed by atoms with E-state index >= 15 is 0 Å². The van der Waals surface area contributed by atoms with E-state index in [1.165, 1.54) is 29.4 Å². The minimum Gasteiger partial charge on any atom is -0.338 e. The molecule has 0 radical (unpaired) electrons. The summed E-state index contributed by atoms with van der Waals surface area (Å²) in [6, 6.07) is 9.57. The average molecular weight is 559 g/mol. The number of likely N-dealkylation sites (tertiary alicyclic amines) is 1. The van der Waals surface area contributed by atoms with Gasteiger partial charge in [0.15, 0.2) is 0 Å². The van der Waals surface area contributed by atoms with Crippen LogP contribution >= 0.6 is 12.4 Å². The van der Waals surface area contributed by atoms with Gasteiger partial charge in [-0.1, -0.05) is 12.1 Å². The van der Waals surface area contributed by atoms with E-state index in [1.807, 2.05) is 24.3 Å². The van der Waals surface area contributed by atoms with Gasteiger partial charge >= 0.3 is 11.7 Å². The molecule has 39 heavy (non-hydrogen) atoms. The van der Waals surface area contributed by atoms with E-state index in [4.69, 9.17) is 11.5 Å². The Morgan fingerprint density at radius 1 is 1.03 bits per heavy atom. The van der Waals surface area contributed by atoms with Crippen molar-refractivity contribution in [2.24, 2.45) is 16.9 Å². The summed E-state index contributed by atoms with van der Waals surface area (Å²) in [4.78, 5) is 47.5. The number of hydrogen-bond acceptors (Lipinski definition) is 7. The van der Waals surface area contributed by atoms with E-state index in [2.05, 4.69) is 15.2 Å². The SMILES string of the molecule is CC(C)(N)C(=O)N1CCN(C(=O)Nc2ccn(-c3ccc(CN4CCC5(CC4)CC5N)cc3)c(=O)n2)CC1.Cl. The molecule has 212 valence electrons. The van der Waals surface area contributed by atoms with E-state index in [0.717, 1.165) is 19.6 Å². The van der Waals surface area contributed by atoms with E-state index < -0.39 is 11.2 Å². The van der Waals surface area contributed by atoms with Crippen molar-refractivity contribution in [1.82, 2.24) is 24.3 Å². The number of piperazine rings is 1. The highest BCUT2D eigenvalue weighted by Gasteiger charge is 2.52. The molecule has 5 rings (SSSR count). The monoisotopic (exact) mass is 558 g/mol. The number of rotatable bonds is 5. The summed E-state index contributed by atoms with van der Waals surface area (Å²) in [5.74, 6) is 0.0479. The molecule has 3 aliphatic rings. The maximum absolute atomic E-state index is 12.7. The number of urea groups is 1. The van der Waals surface area contributed by atoms with Gasteiger partial charge in [0, 0.05) is 45.0 Å². The molecule has 1 aliphatic carbocycles. The largest absolute Gasteiger partial charge is 0.354 e. The van der Waals surface area contributed by atoms with Crippen LogP contribution in [0.3, 0.4) is 0 Å². The second-order valence-corrected chi connectivity index (χ2v) is 11.5. The maximum Gasteiger partial charge on any atom is 0.354 e. The molecule has 1 aromatic carbocycles. The highest BCUT2D eigenvalue weighted by Crippen LogP contribution is 2.52. The summed E-state index contributed by atoms with van der Waals surface area (Å²) >= 11 is 0. The summed E-state index contributed by atoms with van der Waals surface area (Å²) in [7, 11) is 0. The minimum absolute atomic E-state index is 0. The van der Waals surface area contributed by atoms with Crippen LogP contribution in [0.1, 0.15) is 38.7 Å². The fourth-order valence-corrected chi connectivity index (χ4v) is 5.51. The summed E-state index contributed by atoms with van der Waals surface area (Å²) in [6.07, 6.45) is 5.15. The Morgan fingerprint density at radius 2 is 1.62 bits per heavy atom. The normalized spacial score (nSPS) is 20.9. The summed E-state index contributed by atoms with van der Waals surface area (Å²) < 4.78 is 1.46. The molecule has 3 heterocycles. The Kier molecular flexibility index (Phi) is 8.36. The van der Waals surface area contributed by atoms with Gasteiger partial charge in [0.25, 0.3) is 0 Å². The number of benzene rings is 1. The van der Waals surface area contributed by atoms with E-state index in [-0.39, 0.29) is 30.2 Å². The van der Waals surface area contributed by atoms with E-state index in [0.29, 0.717) is 43.3 Å². The number of nitrogens with zero attached hydrogens (tertiary/aromatic N) is 5. The number of carbonyl (C=O) groups is 2. The quantitative estimate of drug-likeness (QED) is 0.503. The van der Waals surface area contributed by atoms with Gasteiger partial charge in [-0.2, -0.15) is 4.98 Å². The number of carbonyl (C=O) groups excluding carboxylic acids is 2. The zero-order valence-electron chi connectivity index (χ0n) is 22.6. The maximum atomic E-state index is 12.7. The lowest BCUT2D eigenvalue weighted by molar-refractivity contribution is -0.137. The van der Waals surface area contributed by atoms with Gasteiger partial charge in [-0.3, -0.25) is 19.6 Å². The summed E-state index contributed by atoms with van der Waals surface area (Å²) in [5, 5.41) is 2.69. The third-order valence-corrected chi connectivity index (χ3v) is 8.17. The standard InChI is InChI=1S/C27H38N8O3.ClH/c1-26(2,29)23(36)33-13-15-34(16-14-33)24(37)30-22-7-10-35(25(38)31-22)20-5-3-19(4-6-20)18-32-11-8-27(9-12-32)17-21(27)28;/h3-7,10,21H,8-9,11-18,28-29H2,1-2H3,(H,30,31,37,38);1H. The molecule has 2 aromatic rings. The predicted molar refractivity (Wildman–Crippen MR) is 152 cm³/mol. The van der Waals surface area contributed by atoms with E-state index in [1.54, 1.807) is 35.9 Å². The van der Waals surface area contributed by atoms with Crippen LogP contribution < -0.4 is 22.5 Å². The van der Waals surface area contributed by atoms with Gasteiger partial charge < -0.3 is 21.3 Å². The zero-order chi connectivity index (χ0) is 27.1. The number of amides is 3. The first-order valence-corrected chi connectivity index (χ1v) is 13.4. The van der Waals surface area contributed by atoms with Gasteiger partial charge in [-0.25, -0.2) is 9.59 Å². The topological polar surface area (TPSA) is 143 Å². The van der Waals surface area contributed by atoms with Gasteiger partial charge in [0.05, 0.1) is 11.2 Å². The van der Waals surface area contributed by atoms with Gasteiger partial charge in [-0.05, 0) is 75.4 Å². The van der Waals surface area contributed by atoms with Crippen molar-refractivity contribution in [1.29, 1.82) is 0 Å². The number of piperidine rings is 1. The molecule has 1 saturated carbocycles. The molecular weight excluding hydrogens is 520 g/mol. The Hall–Kier alpha value is -2.99. The fraction of sp³-hybridized carbons (Fsp3) is 0.556. The fourth-order valence-electron chi connectivity index (χ4n) is 5.51. The highest BCUT2D eigenvalue weighted by atomic mass is 35.5. The van der Waals surface area contributed by atoms with Crippen molar-refractivity contribution in [2.45, 2.75) is 51.2 Å². The first-order valence-electron chi connectivity index (χ1n) is 13.4. The molecule has 1 spiro atoms. The first kappa shape index (κ1) is 29.0. The van der Waals surface area contributed by atoms with E-state index in [9.17, 15) is 14.4 Å². The predicted octanol–water partition coefficient (Wildman–Crippen LogP) is 1.38. The van der Waals surface area contributed by atoms with Crippen LogP contribution in [0.2, 0.25) is 0 Å². The third-order valence-electron chi connectivity index (χ3n) is 8.17. The molecule has 3 amide bonds. The Morgan fingerprint density at radius 3 is 2.15 bits per heavy atom. The van der Waals surface area contributed by atoms with Crippen LogP contribution in [0.15, 0.2) is 41.3 Å². The molecule has 5 N–H and O–H groups in total. The second-order valence-electron chi connectivity index (χ2n) is 11.5. The lowest BCUT2D eigenvalue weighted by Crippen LogP contribution is -2.58. The molecule has 12 heteroatoms. The minimum atomic E-state index is -0.944. The number of aromatic nitrogens is 2. The van der Waals surface area contributed by atoms with Crippen molar-refractivity contribution >= 4 is 30.2 Å². The Bertz CT molecular complexity index is 1240. The smallest absolute Gasteiger partial charge is 0.338 e. The molecule has 3 fully saturated rings. The van der Waals surface area contributed by atoms with Crippen molar-refractivity contribution < 1.29 is 9.59 Å². The summed E-state index contributed by atoms with van der Waals surface area (Å²) in [5.41, 5.74) is 12.9. The van der Waals surface area contributed by atoms with Crippen LogP contribution in [0.5, 0.6) is 0 Å². The Labute approximate surface area is 234 Å². The second kappa shape index (κ2) is 11.2. The van der Waals surface area contributed by atoms with Gasteiger partial charge in [0.2, 0.25) is 5.91 Å². The molecule has 1 atom stereocenters. The molecular formula is C27H39ClN8O3. The zero-order valence-corrected chi connectivity index (χ0v) is 23.5. The van der Waals surface area contributed by atoms with Crippen molar-refractivity contribution in [2.75, 3.05) is 44.6 Å². The molecule has 0 bridgehead atoms. The van der Waals surface area contributed by atoms with Crippen molar-refractivity contribution in [3.05, 3.63) is 52.6 Å². The summed E-state index contributed by atoms with van der Waals surface area (Å²) in [6.45, 7) is 7.95. The number of nitrogens with two attached hydrogens (primary N) is 2. The van der Waals surface area contributed by atoms with Gasteiger partial charge in [0.1, 0.15) is 5.82 Å². The van der Waals surface area contributed by atoms with Crippen LogP contribution in [0.25, 0.3) is 5.69 Å². The number of nitrogens with one attached hydrogen (secondary N) is 1. The lowest BCUT2D eigenvalue weighted by Gasteiger charge is -2.37. The van der Waals surface area contributed by atoms with Crippen LogP contribution in [0.4, 0.5) is 10.6 Å². The third kappa shape index (κ3) is 6.43. The molecule has 1 unspecified atom stereocenters. The molecule has 11 nitrogen and oxygen atoms in total.